The summed E-state index contributed by atoms with van der Waals surface area (Å²) in [5.74, 6) is 0.854. The molecule has 4 atom stereocenters. The zero-order valence-electron chi connectivity index (χ0n) is 12.4. The molecule has 0 bridgehead atoms. The van der Waals surface area contributed by atoms with Crippen LogP contribution in [0.15, 0.2) is 0 Å². The molecule has 1 heterocycles. The quantitative estimate of drug-likeness (QED) is 0.794. The average molecular weight is 266 g/mol. The first-order chi connectivity index (χ1) is 9.38. The van der Waals surface area contributed by atoms with Crippen LogP contribution < -0.4 is 5.32 Å². The van der Waals surface area contributed by atoms with Gasteiger partial charge in [-0.15, -0.1) is 0 Å². The topological polar surface area (TPSA) is 24.5 Å². The van der Waals surface area contributed by atoms with Crippen LogP contribution in [0.25, 0.3) is 0 Å². The lowest BCUT2D eigenvalue weighted by Gasteiger charge is -2.40. The molecule has 0 amide bonds. The van der Waals surface area contributed by atoms with Crippen LogP contribution in [-0.2, 0) is 4.74 Å². The Balaban J connectivity index is 1.61. The lowest BCUT2D eigenvalue weighted by Crippen LogP contribution is -2.52. The van der Waals surface area contributed by atoms with E-state index in [1.54, 1.807) is 0 Å². The number of fused-ring (bicyclic) bond motifs is 1. The van der Waals surface area contributed by atoms with E-state index in [1.807, 2.05) is 0 Å². The first-order valence-electron chi connectivity index (χ1n) is 8.41. The lowest BCUT2D eigenvalue weighted by atomic mass is 9.93. The summed E-state index contributed by atoms with van der Waals surface area (Å²) in [5.41, 5.74) is 0. The summed E-state index contributed by atoms with van der Waals surface area (Å²) in [6.45, 7) is 3.42. The Kier molecular flexibility index (Phi) is 4.78. The summed E-state index contributed by atoms with van der Waals surface area (Å²) in [4.78, 5) is 2.77. The van der Waals surface area contributed by atoms with Crippen molar-refractivity contribution in [1.82, 2.24) is 10.2 Å². The van der Waals surface area contributed by atoms with Gasteiger partial charge in [0, 0.05) is 25.2 Å². The molecule has 0 aromatic rings. The minimum absolute atomic E-state index is 0.549. The smallest absolute Gasteiger partial charge is 0.0730 e. The van der Waals surface area contributed by atoms with Gasteiger partial charge in [-0.1, -0.05) is 19.3 Å². The van der Waals surface area contributed by atoms with Gasteiger partial charge in [-0.05, 0) is 45.1 Å². The van der Waals surface area contributed by atoms with Gasteiger partial charge in [0.2, 0.25) is 0 Å². The lowest BCUT2D eigenvalue weighted by molar-refractivity contribution is -0.0619. The average Bonchev–Trinajstić information content (AvgIpc) is 2.80. The van der Waals surface area contributed by atoms with Crippen LogP contribution in [-0.4, -0.2) is 49.8 Å². The molecule has 3 nitrogen and oxygen atoms in total. The van der Waals surface area contributed by atoms with Gasteiger partial charge in [-0.3, -0.25) is 4.90 Å². The maximum absolute atomic E-state index is 5.94. The highest BCUT2D eigenvalue weighted by molar-refractivity contribution is 4.91. The van der Waals surface area contributed by atoms with E-state index in [0.29, 0.717) is 6.10 Å². The summed E-state index contributed by atoms with van der Waals surface area (Å²) >= 11 is 0. The molecule has 0 spiro atoms. The molecular weight excluding hydrogens is 236 g/mol. The van der Waals surface area contributed by atoms with Crippen molar-refractivity contribution < 1.29 is 4.74 Å². The predicted molar refractivity (Wildman–Crippen MR) is 78.4 cm³/mol. The first-order valence-corrected chi connectivity index (χ1v) is 8.41. The molecule has 1 N–H and O–H groups in total. The van der Waals surface area contributed by atoms with Gasteiger partial charge in [-0.25, -0.2) is 0 Å². The Morgan fingerprint density at radius 1 is 1.05 bits per heavy atom. The number of rotatable bonds is 3. The van der Waals surface area contributed by atoms with Gasteiger partial charge in [0.15, 0.2) is 0 Å². The highest BCUT2D eigenvalue weighted by Crippen LogP contribution is 2.32. The molecule has 3 rings (SSSR count). The molecule has 2 saturated carbocycles. The fraction of sp³-hybridized carbons (Fsp3) is 1.00. The second-order valence-electron chi connectivity index (χ2n) is 6.70. The van der Waals surface area contributed by atoms with Crippen LogP contribution in [0.2, 0.25) is 0 Å². The summed E-state index contributed by atoms with van der Waals surface area (Å²) < 4.78 is 5.94. The highest BCUT2D eigenvalue weighted by atomic mass is 16.5. The van der Waals surface area contributed by atoms with Crippen molar-refractivity contribution in [3.8, 4) is 0 Å². The van der Waals surface area contributed by atoms with E-state index in [9.17, 15) is 0 Å². The zero-order chi connectivity index (χ0) is 13.1. The Labute approximate surface area is 118 Å². The minimum atomic E-state index is 0.549. The van der Waals surface area contributed by atoms with E-state index in [4.69, 9.17) is 4.74 Å². The van der Waals surface area contributed by atoms with Crippen molar-refractivity contribution >= 4 is 0 Å². The molecule has 2 aliphatic carbocycles. The van der Waals surface area contributed by atoms with E-state index < -0.39 is 0 Å². The number of ether oxygens (including phenoxy) is 1. The van der Waals surface area contributed by atoms with Crippen LogP contribution >= 0.6 is 0 Å². The van der Waals surface area contributed by atoms with Crippen molar-refractivity contribution in [3.63, 3.8) is 0 Å². The van der Waals surface area contributed by atoms with Crippen molar-refractivity contribution in [2.75, 3.05) is 26.7 Å². The second-order valence-corrected chi connectivity index (χ2v) is 6.70. The van der Waals surface area contributed by atoms with Gasteiger partial charge in [-0.2, -0.15) is 0 Å². The number of morpholine rings is 1. The molecular formula is C16H30N2O. The standard InChI is InChI=1S/C16H30N2O/c1-17-14-7-4-2-3-6-13(14)12-18-10-11-19-16-9-5-8-15(16)18/h13-17H,2-12H2,1H3. The summed E-state index contributed by atoms with van der Waals surface area (Å²) in [7, 11) is 2.15. The van der Waals surface area contributed by atoms with Gasteiger partial charge in [0.1, 0.15) is 0 Å². The molecule has 110 valence electrons. The Bertz CT molecular complexity index is 284. The van der Waals surface area contributed by atoms with Crippen molar-refractivity contribution in [2.45, 2.75) is 69.6 Å². The van der Waals surface area contributed by atoms with Gasteiger partial charge < -0.3 is 10.1 Å². The summed E-state index contributed by atoms with van der Waals surface area (Å²) in [5, 5.41) is 3.59. The number of nitrogens with one attached hydrogen (secondary N) is 1. The molecule has 3 aliphatic rings. The van der Waals surface area contributed by atoms with E-state index >= 15 is 0 Å². The fourth-order valence-corrected chi connectivity index (χ4v) is 4.52. The van der Waals surface area contributed by atoms with Crippen molar-refractivity contribution in [1.29, 1.82) is 0 Å². The minimum Gasteiger partial charge on any atom is -0.375 e. The van der Waals surface area contributed by atoms with Crippen LogP contribution in [0.5, 0.6) is 0 Å². The van der Waals surface area contributed by atoms with E-state index in [0.717, 1.165) is 31.2 Å². The molecule has 0 aromatic carbocycles. The third kappa shape index (κ3) is 3.14. The van der Waals surface area contributed by atoms with Crippen LogP contribution in [0.1, 0.15) is 51.4 Å². The Morgan fingerprint density at radius 3 is 2.84 bits per heavy atom. The highest BCUT2D eigenvalue weighted by Gasteiger charge is 2.37. The summed E-state index contributed by atoms with van der Waals surface area (Å²) in [6, 6.07) is 1.47. The van der Waals surface area contributed by atoms with Crippen LogP contribution in [0.4, 0.5) is 0 Å². The fourth-order valence-electron chi connectivity index (χ4n) is 4.52. The SMILES string of the molecule is CNC1CCCCCC1CN1CCOC2CCCC21. The maximum Gasteiger partial charge on any atom is 0.0730 e. The largest absolute Gasteiger partial charge is 0.375 e. The van der Waals surface area contributed by atoms with E-state index in [1.165, 1.54) is 57.9 Å². The van der Waals surface area contributed by atoms with E-state index in [-0.39, 0.29) is 0 Å². The maximum atomic E-state index is 5.94. The normalized spacial score (nSPS) is 40.9. The molecule has 0 aromatic heterocycles. The molecule has 0 radical (unpaired) electrons. The van der Waals surface area contributed by atoms with Gasteiger partial charge in [0.25, 0.3) is 0 Å². The number of hydrogen-bond acceptors (Lipinski definition) is 3. The Hall–Kier alpha value is -0.120. The third-order valence-corrected chi connectivity index (χ3v) is 5.60. The Morgan fingerprint density at radius 2 is 1.95 bits per heavy atom. The van der Waals surface area contributed by atoms with Crippen molar-refractivity contribution in [3.05, 3.63) is 0 Å². The number of nitrogens with zero attached hydrogens (tertiary/aromatic N) is 1. The monoisotopic (exact) mass is 266 g/mol. The molecule has 3 heteroatoms. The third-order valence-electron chi connectivity index (χ3n) is 5.60. The second kappa shape index (κ2) is 6.55. The van der Waals surface area contributed by atoms with Crippen LogP contribution in [0, 0.1) is 5.92 Å². The first kappa shape index (κ1) is 13.8. The zero-order valence-corrected chi connectivity index (χ0v) is 12.4. The molecule has 4 unspecified atom stereocenters. The van der Waals surface area contributed by atoms with Crippen molar-refractivity contribution in [2.24, 2.45) is 5.92 Å². The predicted octanol–water partition coefficient (Wildman–Crippen LogP) is 2.41. The molecule has 1 saturated heterocycles. The molecule has 1 aliphatic heterocycles. The molecule has 3 fully saturated rings. The van der Waals surface area contributed by atoms with Gasteiger partial charge >= 0.3 is 0 Å². The van der Waals surface area contributed by atoms with Crippen LogP contribution in [0.3, 0.4) is 0 Å². The van der Waals surface area contributed by atoms with E-state index in [2.05, 4.69) is 17.3 Å². The van der Waals surface area contributed by atoms with Gasteiger partial charge in [0.05, 0.1) is 12.7 Å². The molecule has 19 heavy (non-hydrogen) atoms. The summed E-state index contributed by atoms with van der Waals surface area (Å²) in [6.07, 6.45) is 11.6. The number of hydrogen-bond donors (Lipinski definition) is 1.